The third-order valence-corrected chi connectivity index (χ3v) is 13.8. The first-order chi connectivity index (χ1) is 32.7. The predicted molar refractivity (Wildman–Crippen MR) is 258 cm³/mol. The van der Waals surface area contributed by atoms with Crippen molar-refractivity contribution in [3.05, 3.63) is 113 Å². The Hall–Kier alpha value is -6.93. The molecule has 0 spiro atoms. The summed E-state index contributed by atoms with van der Waals surface area (Å²) in [5.74, 6) is -0.199. The monoisotopic (exact) mass is 1120 g/mol. The van der Waals surface area contributed by atoms with Gasteiger partial charge in [0.15, 0.2) is 0 Å². The minimum Gasteiger partial charge on any atom is -0.494 e. The van der Waals surface area contributed by atoms with Crippen molar-refractivity contribution in [1.82, 2.24) is 15.0 Å². The second-order valence-corrected chi connectivity index (χ2v) is 21.1. The fourth-order valence-corrected chi connectivity index (χ4v) is 9.82. The standard InChI is InChI=1S/C40H30BrClN10O14S4/c1-20-12-31(33(66-3)18-30(20)49-51-32-17-27-22(14-36(32)70(63,64)65)13-25(67(54,55)56)16-35(27)69(60,61)62)50-48-28-10-11-29(37-26(28)8-5-9-34(37)68(57,58)59)44-40-46-38(42)45-39(47-40)43-23-6-4-7-24(15-23)52(19-53)21(2)41/h4-19H,2H2,1,3H3,(H,54,55,56)(H,57,58,59)(H,60,61,62)(H,63,64,65)(H2,43,44,45,46,47). The Morgan fingerprint density at radius 1 is 0.686 bits per heavy atom. The van der Waals surface area contributed by atoms with Crippen LogP contribution in [0.2, 0.25) is 5.28 Å². The maximum Gasteiger partial charge on any atom is 0.296 e. The van der Waals surface area contributed by atoms with Crippen molar-refractivity contribution in [2.75, 3.05) is 22.6 Å². The lowest BCUT2D eigenvalue weighted by Crippen LogP contribution is -2.16. The largest absolute Gasteiger partial charge is 0.494 e. The van der Waals surface area contributed by atoms with Crippen LogP contribution in [0.15, 0.2) is 142 Å². The molecule has 0 aliphatic rings. The van der Waals surface area contributed by atoms with Crippen molar-refractivity contribution in [2.45, 2.75) is 26.5 Å². The Kier molecular flexibility index (Phi) is 14.2. The van der Waals surface area contributed by atoms with E-state index in [4.69, 9.17) is 16.3 Å². The van der Waals surface area contributed by atoms with E-state index >= 15 is 0 Å². The molecule has 0 saturated heterocycles. The minimum atomic E-state index is -5.21. The average molecular weight is 1120 g/mol. The highest BCUT2D eigenvalue weighted by molar-refractivity contribution is 9.11. The van der Waals surface area contributed by atoms with Crippen LogP contribution in [0.25, 0.3) is 21.5 Å². The first-order valence-corrected chi connectivity index (χ1v) is 25.9. The van der Waals surface area contributed by atoms with Gasteiger partial charge in [-0.1, -0.05) is 24.8 Å². The zero-order valence-electron chi connectivity index (χ0n) is 35.3. The van der Waals surface area contributed by atoms with Gasteiger partial charge < -0.3 is 15.4 Å². The molecule has 0 radical (unpaired) electrons. The van der Waals surface area contributed by atoms with Crippen LogP contribution in [-0.4, -0.2) is 80.4 Å². The van der Waals surface area contributed by atoms with E-state index < -0.39 is 76.5 Å². The second kappa shape index (κ2) is 19.5. The summed E-state index contributed by atoms with van der Waals surface area (Å²) < 4.78 is 144. The molecule has 70 heavy (non-hydrogen) atoms. The van der Waals surface area contributed by atoms with Gasteiger partial charge in [0.25, 0.3) is 40.5 Å². The number of nitrogens with one attached hydrogen (secondary N) is 2. The molecule has 362 valence electrons. The van der Waals surface area contributed by atoms with Gasteiger partial charge in [0, 0.05) is 27.9 Å². The number of hydrogen-bond acceptors (Lipinski definition) is 19. The number of nitrogens with zero attached hydrogens (tertiary/aromatic N) is 8. The normalized spacial score (nSPS) is 12.5. The molecule has 1 amide bonds. The number of rotatable bonds is 16. The molecule has 1 aromatic heterocycles. The molecule has 0 bridgehead atoms. The number of azo groups is 2. The molecule has 0 aliphatic carbocycles. The highest BCUT2D eigenvalue weighted by Gasteiger charge is 2.25. The van der Waals surface area contributed by atoms with Crippen molar-refractivity contribution in [2.24, 2.45) is 20.5 Å². The maximum atomic E-state index is 12.7. The molecule has 6 N–H and O–H groups in total. The third-order valence-electron chi connectivity index (χ3n) is 9.71. The van der Waals surface area contributed by atoms with Crippen LogP contribution in [0.1, 0.15) is 5.56 Å². The van der Waals surface area contributed by atoms with E-state index in [1.165, 1.54) is 55.3 Å². The Labute approximate surface area is 410 Å². The molecule has 6 aromatic carbocycles. The number of halogens is 2. The van der Waals surface area contributed by atoms with E-state index in [1.54, 1.807) is 24.3 Å². The van der Waals surface area contributed by atoms with Crippen LogP contribution in [0, 0.1) is 6.92 Å². The van der Waals surface area contributed by atoms with Crippen LogP contribution in [0.4, 0.5) is 51.7 Å². The van der Waals surface area contributed by atoms with E-state index in [-0.39, 0.29) is 61.1 Å². The van der Waals surface area contributed by atoms with E-state index in [9.17, 15) is 56.7 Å². The lowest BCUT2D eigenvalue weighted by Gasteiger charge is -2.17. The summed E-state index contributed by atoms with van der Waals surface area (Å²) in [5.41, 5.74) is 0.789. The van der Waals surface area contributed by atoms with E-state index in [0.29, 0.717) is 41.5 Å². The van der Waals surface area contributed by atoms with Gasteiger partial charge in [-0.15, -0.1) is 15.3 Å². The fraction of sp³-hybridized carbons (Fsp3) is 0.0500. The average Bonchev–Trinajstić information content (AvgIpc) is 3.26. The molecule has 30 heteroatoms. The van der Waals surface area contributed by atoms with Gasteiger partial charge >= 0.3 is 0 Å². The Bertz CT molecular complexity index is 3890. The van der Waals surface area contributed by atoms with Gasteiger partial charge in [-0.25, -0.2) is 0 Å². The molecule has 1 heterocycles. The first kappa shape index (κ1) is 50.9. The minimum absolute atomic E-state index is 0.0157. The number of ether oxygens (including phenoxy) is 1. The van der Waals surface area contributed by atoms with Crippen LogP contribution in [-0.2, 0) is 45.3 Å². The van der Waals surface area contributed by atoms with Crippen molar-refractivity contribution in [1.29, 1.82) is 0 Å². The van der Waals surface area contributed by atoms with Crippen molar-refractivity contribution >= 4 is 148 Å². The molecule has 0 atom stereocenters. The maximum absolute atomic E-state index is 12.7. The number of anilines is 5. The zero-order chi connectivity index (χ0) is 51.1. The number of aryl methyl sites for hydroxylation is 1. The summed E-state index contributed by atoms with van der Waals surface area (Å²) in [6.07, 6.45) is 0.556. The Morgan fingerprint density at radius 3 is 1.94 bits per heavy atom. The third kappa shape index (κ3) is 11.2. The molecule has 0 fully saturated rings. The summed E-state index contributed by atoms with van der Waals surface area (Å²) in [6, 6.07) is 18.8. The number of carbonyl (C=O) groups is 1. The number of amides is 1. The number of fused-ring (bicyclic) bond motifs is 2. The topological polar surface area (TPSA) is 359 Å². The Morgan fingerprint density at radius 2 is 1.31 bits per heavy atom. The fourth-order valence-electron chi connectivity index (χ4n) is 6.66. The van der Waals surface area contributed by atoms with Crippen LogP contribution in [0.5, 0.6) is 5.75 Å². The van der Waals surface area contributed by atoms with Gasteiger partial charge in [0.2, 0.25) is 23.6 Å². The van der Waals surface area contributed by atoms with Gasteiger partial charge in [0.1, 0.15) is 31.8 Å². The molecule has 0 saturated carbocycles. The van der Waals surface area contributed by atoms with Gasteiger partial charge in [-0.3, -0.25) is 27.9 Å². The van der Waals surface area contributed by atoms with E-state index in [1.807, 2.05) is 0 Å². The summed E-state index contributed by atoms with van der Waals surface area (Å²) in [6.45, 7) is 5.25. The highest BCUT2D eigenvalue weighted by atomic mass is 79.9. The van der Waals surface area contributed by atoms with Crippen molar-refractivity contribution in [3.8, 4) is 5.75 Å². The first-order valence-electron chi connectivity index (χ1n) is 19.0. The summed E-state index contributed by atoms with van der Waals surface area (Å²) in [4.78, 5) is 21.9. The Balaban J connectivity index is 1.24. The molecule has 24 nitrogen and oxygen atoms in total. The molecule has 0 unspecified atom stereocenters. The number of hydrogen-bond donors (Lipinski definition) is 6. The summed E-state index contributed by atoms with van der Waals surface area (Å²) >= 11 is 9.44. The van der Waals surface area contributed by atoms with E-state index in [0.717, 1.165) is 12.1 Å². The van der Waals surface area contributed by atoms with Crippen molar-refractivity contribution < 1.29 is 61.4 Å². The SMILES string of the molecule is C=C(Br)N(C=O)c1cccc(Nc2nc(Cl)nc(Nc3ccc(N=Nc4cc(C)c(N=Nc5cc6c(S(=O)(=O)O)cc(S(=O)(=O)O)cc6cc5S(=O)(=O)O)cc4OC)c4cccc(S(=O)(=O)O)c34)n2)c1. The molecular formula is C40H30BrClN10O14S4. The predicted octanol–water partition coefficient (Wildman–Crippen LogP) is 9.28. The number of methoxy groups -OCH3 is 1. The smallest absolute Gasteiger partial charge is 0.296 e. The van der Waals surface area contributed by atoms with Gasteiger partial charge in [0.05, 0.1) is 39.4 Å². The highest BCUT2D eigenvalue weighted by Crippen LogP contribution is 2.42. The lowest BCUT2D eigenvalue weighted by molar-refractivity contribution is -0.107. The number of aromatic nitrogens is 3. The lowest BCUT2D eigenvalue weighted by atomic mass is 10.1. The van der Waals surface area contributed by atoms with Crippen LogP contribution < -0.4 is 20.3 Å². The van der Waals surface area contributed by atoms with Gasteiger partial charge in [-0.05, 0) is 112 Å². The zero-order valence-corrected chi connectivity index (χ0v) is 40.9. The molecule has 7 rings (SSSR count). The molecule has 0 aliphatic heterocycles. The molecule has 7 aromatic rings. The van der Waals surface area contributed by atoms with Crippen LogP contribution in [0.3, 0.4) is 0 Å². The quantitative estimate of drug-likeness (QED) is 0.0227. The van der Waals surface area contributed by atoms with Crippen LogP contribution >= 0.6 is 27.5 Å². The van der Waals surface area contributed by atoms with Gasteiger partial charge in [-0.2, -0.15) is 53.7 Å². The van der Waals surface area contributed by atoms with E-state index in [2.05, 4.69) is 68.6 Å². The summed E-state index contributed by atoms with van der Waals surface area (Å²) in [7, 11) is -19.1. The number of carbonyl (C=O) groups excluding carboxylic acids is 1. The summed E-state index contributed by atoms with van der Waals surface area (Å²) in [5, 5.41) is 21.4. The molecular weight excluding hydrogens is 1090 g/mol. The second-order valence-electron chi connectivity index (χ2n) is 14.3. The number of benzene rings is 6. The van der Waals surface area contributed by atoms with Crippen molar-refractivity contribution in [3.63, 3.8) is 0 Å².